The van der Waals surface area contributed by atoms with Crippen molar-refractivity contribution >= 4 is 24.2 Å². The molecule has 90 valence electrons. The minimum absolute atomic E-state index is 0. The third-order valence-electron chi connectivity index (χ3n) is 2.17. The van der Waals surface area contributed by atoms with Crippen molar-refractivity contribution in [2.45, 2.75) is 51.5 Å². The molecule has 0 aliphatic carbocycles. The molecule has 0 saturated heterocycles. The maximum atomic E-state index is 11.2. The number of unbranched alkanes of at least 4 members (excludes halogenated alkanes) is 2. The Labute approximate surface area is 96.6 Å². The second-order valence-electron chi connectivity index (χ2n) is 3.44. The number of rotatable bonds is 8. The number of nitrogens with two attached hydrogens (primary N) is 1. The Kier molecular flexibility index (Phi) is 11.1. The lowest BCUT2D eigenvalue weighted by Gasteiger charge is -2.06. The van der Waals surface area contributed by atoms with Crippen LogP contribution in [0.4, 0.5) is 0 Å². The molecule has 0 aliphatic rings. The van der Waals surface area contributed by atoms with Gasteiger partial charge in [-0.25, -0.2) is 0 Å². The highest BCUT2D eigenvalue weighted by Gasteiger charge is 2.09. The van der Waals surface area contributed by atoms with Crippen molar-refractivity contribution in [1.29, 1.82) is 0 Å². The van der Waals surface area contributed by atoms with Crippen LogP contribution in [0.5, 0.6) is 0 Å². The summed E-state index contributed by atoms with van der Waals surface area (Å²) in [7, 11) is 0. The molecule has 0 aromatic heterocycles. The number of carboxylic acid groups (broad SMARTS) is 1. The van der Waals surface area contributed by atoms with E-state index in [1.54, 1.807) is 0 Å². The van der Waals surface area contributed by atoms with E-state index in [0.717, 1.165) is 12.8 Å². The van der Waals surface area contributed by atoms with Crippen LogP contribution in [0.25, 0.3) is 0 Å². The van der Waals surface area contributed by atoms with Crippen molar-refractivity contribution in [2.75, 3.05) is 0 Å². The van der Waals surface area contributed by atoms with Gasteiger partial charge in [-0.2, -0.15) is 0 Å². The number of halogens is 1. The van der Waals surface area contributed by atoms with Gasteiger partial charge in [-0.05, 0) is 19.3 Å². The average Bonchev–Trinajstić information content (AvgIpc) is 2.15. The molecule has 0 bridgehead atoms. The first kappa shape index (κ1) is 16.8. The monoisotopic (exact) mass is 237 g/mol. The summed E-state index contributed by atoms with van der Waals surface area (Å²) >= 11 is 0. The molecule has 0 heterocycles. The predicted octanol–water partition coefficient (Wildman–Crippen LogP) is 1.75. The van der Waals surface area contributed by atoms with Crippen LogP contribution in [0.2, 0.25) is 0 Å². The second-order valence-corrected chi connectivity index (χ2v) is 3.44. The van der Waals surface area contributed by atoms with Crippen molar-refractivity contribution in [1.82, 2.24) is 0 Å². The molecule has 5 heteroatoms. The van der Waals surface area contributed by atoms with E-state index in [0.29, 0.717) is 19.3 Å². The Morgan fingerprint density at radius 3 is 2.20 bits per heavy atom. The van der Waals surface area contributed by atoms with Gasteiger partial charge in [0.1, 0.15) is 5.78 Å². The van der Waals surface area contributed by atoms with Crippen molar-refractivity contribution in [3.63, 3.8) is 0 Å². The Morgan fingerprint density at radius 2 is 1.73 bits per heavy atom. The Hall–Kier alpha value is -0.610. The number of Topliss-reactive ketones (excluding diaryl/α,β-unsaturated/α-hetero) is 1. The van der Waals surface area contributed by atoms with E-state index >= 15 is 0 Å². The van der Waals surface area contributed by atoms with Crippen molar-refractivity contribution in [2.24, 2.45) is 5.73 Å². The first-order chi connectivity index (χ1) is 6.57. The topological polar surface area (TPSA) is 80.4 Å². The summed E-state index contributed by atoms with van der Waals surface area (Å²) in [6.07, 6.45) is 3.52. The molecule has 1 atom stereocenters. The Morgan fingerprint density at radius 1 is 1.20 bits per heavy atom. The highest BCUT2D eigenvalue weighted by Crippen LogP contribution is 2.05. The highest BCUT2D eigenvalue weighted by atomic mass is 35.5. The smallest absolute Gasteiger partial charge is 0.303 e. The van der Waals surface area contributed by atoms with Gasteiger partial charge < -0.3 is 10.8 Å². The van der Waals surface area contributed by atoms with Crippen LogP contribution in [0.15, 0.2) is 0 Å². The van der Waals surface area contributed by atoms with Crippen LogP contribution < -0.4 is 5.73 Å². The lowest BCUT2D eigenvalue weighted by Crippen LogP contribution is -2.29. The molecule has 4 nitrogen and oxygen atoms in total. The molecule has 0 saturated carbocycles. The van der Waals surface area contributed by atoms with E-state index in [4.69, 9.17) is 10.8 Å². The van der Waals surface area contributed by atoms with Gasteiger partial charge in [0.25, 0.3) is 0 Å². The van der Waals surface area contributed by atoms with Crippen molar-refractivity contribution in [3.8, 4) is 0 Å². The van der Waals surface area contributed by atoms with E-state index in [-0.39, 0.29) is 30.7 Å². The zero-order valence-corrected chi connectivity index (χ0v) is 9.89. The Balaban J connectivity index is 0. The number of carboxylic acids is 1. The van der Waals surface area contributed by atoms with E-state index in [1.807, 2.05) is 6.92 Å². The van der Waals surface area contributed by atoms with Gasteiger partial charge in [0.05, 0.1) is 6.04 Å². The lowest BCUT2D eigenvalue weighted by molar-refractivity contribution is -0.137. The largest absolute Gasteiger partial charge is 0.481 e. The van der Waals surface area contributed by atoms with Gasteiger partial charge in [0.2, 0.25) is 0 Å². The van der Waals surface area contributed by atoms with E-state index < -0.39 is 5.97 Å². The summed E-state index contributed by atoms with van der Waals surface area (Å²) < 4.78 is 0. The minimum Gasteiger partial charge on any atom is -0.481 e. The number of hydrogen-bond donors (Lipinski definition) is 2. The molecule has 0 rings (SSSR count). The van der Waals surface area contributed by atoms with E-state index in [9.17, 15) is 9.59 Å². The van der Waals surface area contributed by atoms with Crippen LogP contribution in [0, 0.1) is 0 Å². The summed E-state index contributed by atoms with van der Waals surface area (Å²) in [5, 5.41) is 8.36. The third-order valence-corrected chi connectivity index (χ3v) is 2.17. The molecule has 0 aromatic carbocycles. The first-order valence-electron chi connectivity index (χ1n) is 5.08. The predicted molar refractivity (Wildman–Crippen MR) is 61.2 cm³/mol. The van der Waals surface area contributed by atoms with Crippen LogP contribution in [0.1, 0.15) is 45.4 Å². The number of carbonyl (C=O) groups excluding carboxylic acids is 1. The van der Waals surface area contributed by atoms with Gasteiger partial charge in [0, 0.05) is 12.8 Å². The quantitative estimate of drug-likeness (QED) is 0.631. The number of carbonyl (C=O) groups is 2. The van der Waals surface area contributed by atoms with Crippen LogP contribution in [0.3, 0.4) is 0 Å². The zero-order chi connectivity index (χ0) is 11.0. The standard InChI is InChI=1S/C10H19NO3.ClH/c1-2-8(11)9(12)6-4-3-5-7-10(13)14;/h8H,2-7,11H2,1H3,(H,13,14);1H. The molecule has 0 aliphatic heterocycles. The van der Waals surface area contributed by atoms with E-state index in [1.165, 1.54) is 0 Å². The van der Waals surface area contributed by atoms with Gasteiger partial charge in [-0.15, -0.1) is 12.4 Å². The van der Waals surface area contributed by atoms with Crippen LogP contribution >= 0.6 is 12.4 Å². The molecular weight excluding hydrogens is 218 g/mol. The summed E-state index contributed by atoms with van der Waals surface area (Å²) in [6, 6.07) is -0.338. The molecule has 0 fully saturated rings. The summed E-state index contributed by atoms with van der Waals surface area (Å²) in [5.74, 6) is -0.690. The normalized spacial score (nSPS) is 11.6. The van der Waals surface area contributed by atoms with Gasteiger partial charge in [-0.1, -0.05) is 13.3 Å². The van der Waals surface area contributed by atoms with Crippen LogP contribution in [-0.2, 0) is 9.59 Å². The first-order valence-corrected chi connectivity index (χ1v) is 5.08. The molecule has 0 spiro atoms. The molecule has 0 radical (unpaired) electrons. The number of aliphatic carboxylic acids is 1. The summed E-state index contributed by atoms with van der Waals surface area (Å²) in [6.45, 7) is 1.88. The molecule has 0 aromatic rings. The highest BCUT2D eigenvalue weighted by molar-refractivity contribution is 5.85. The fourth-order valence-electron chi connectivity index (χ4n) is 1.17. The van der Waals surface area contributed by atoms with Gasteiger partial charge in [0.15, 0.2) is 0 Å². The molecule has 0 amide bonds. The lowest BCUT2D eigenvalue weighted by atomic mass is 10.0. The maximum Gasteiger partial charge on any atom is 0.303 e. The number of hydrogen-bond acceptors (Lipinski definition) is 3. The van der Waals surface area contributed by atoms with Gasteiger partial charge >= 0.3 is 5.97 Å². The fourth-order valence-corrected chi connectivity index (χ4v) is 1.17. The zero-order valence-electron chi connectivity index (χ0n) is 9.07. The average molecular weight is 238 g/mol. The Bertz CT molecular complexity index is 197. The number of ketones is 1. The van der Waals surface area contributed by atoms with Crippen molar-refractivity contribution in [3.05, 3.63) is 0 Å². The maximum absolute atomic E-state index is 11.2. The molecule has 1 unspecified atom stereocenters. The molecular formula is C10H20ClNO3. The molecule has 15 heavy (non-hydrogen) atoms. The van der Waals surface area contributed by atoms with Gasteiger partial charge in [-0.3, -0.25) is 9.59 Å². The van der Waals surface area contributed by atoms with Crippen molar-refractivity contribution < 1.29 is 14.7 Å². The van der Waals surface area contributed by atoms with E-state index in [2.05, 4.69) is 0 Å². The fraction of sp³-hybridized carbons (Fsp3) is 0.800. The van der Waals surface area contributed by atoms with Crippen LogP contribution in [-0.4, -0.2) is 22.9 Å². The minimum atomic E-state index is -0.776. The molecule has 3 N–H and O–H groups in total. The summed E-state index contributed by atoms with van der Waals surface area (Å²) in [4.78, 5) is 21.4. The summed E-state index contributed by atoms with van der Waals surface area (Å²) in [5.41, 5.74) is 5.54. The SMILES string of the molecule is CCC(N)C(=O)CCCCCC(=O)O.Cl. The third kappa shape index (κ3) is 9.69. The second kappa shape index (κ2) is 9.93.